The van der Waals surface area contributed by atoms with Gasteiger partial charge >= 0.3 is 0 Å². The summed E-state index contributed by atoms with van der Waals surface area (Å²) in [5.41, 5.74) is 0. The molecule has 0 aliphatic carbocycles. The number of hydrogen-bond acceptors (Lipinski definition) is 5. The molecule has 0 atom stereocenters. The highest BCUT2D eigenvalue weighted by Gasteiger charge is 1.89. The lowest BCUT2D eigenvalue weighted by Crippen LogP contribution is -2.23. The second kappa shape index (κ2) is 7.01. The van der Waals surface area contributed by atoms with Crippen molar-refractivity contribution in [1.29, 1.82) is 0 Å². The Hall–Kier alpha value is -1.10. The summed E-state index contributed by atoms with van der Waals surface area (Å²) in [6.45, 7) is 0. The highest BCUT2D eigenvalue weighted by molar-refractivity contribution is 5.65. The summed E-state index contributed by atoms with van der Waals surface area (Å²) in [6, 6.07) is 0. The van der Waals surface area contributed by atoms with Crippen LogP contribution < -0.4 is 10.2 Å². The zero-order valence-electron chi connectivity index (χ0n) is 5.91. The molecule has 0 aliphatic heterocycles. The first kappa shape index (κ1) is 12.6. The molecule has 1 N–H and O–H groups in total. The van der Waals surface area contributed by atoms with E-state index in [1.54, 1.807) is 0 Å². The molecule has 66 valence electrons. The molecule has 0 spiro atoms. The molecule has 5 nitrogen and oxygen atoms in total. The number of carboxylic acid groups (broad SMARTS) is 2. The van der Waals surface area contributed by atoms with Crippen molar-refractivity contribution in [3.8, 4) is 0 Å². The number of carboxylic acids is 2. The van der Waals surface area contributed by atoms with Gasteiger partial charge in [0.1, 0.15) is 0 Å². The largest absolute Gasteiger partial charge is 0.870 e. The first-order chi connectivity index (χ1) is 4.63. The van der Waals surface area contributed by atoms with Crippen molar-refractivity contribution < 1.29 is 25.3 Å². The van der Waals surface area contributed by atoms with Crippen LogP contribution in [0.3, 0.4) is 0 Å². The van der Waals surface area contributed by atoms with E-state index < -0.39 is 11.9 Å². The average molecular weight is 161 g/mol. The normalized spacial score (nSPS) is 8.36. The molecule has 0 saturated heterocycles. The Labute approximate surface area is 64.0 Å². The fraction of sp³-hybridized carbons (Fsp3) is 0.667. The van der Waals surface area contributed by atoms with E-state index in [1.165, 1.54) is 0 Å². The van der Waals surface area contributed by atoms with Gasteiger partial charge in [0.05, 0.1) is 0 Å². The first-order valence-electron chi connectivity index (χ1n) is 3.02. The van der Waals surface area contributed by atoms with Crippen molar-refractivity contribution in [3.05, 3.63) is 0 Å². The van der Waals surface area contributed by atoms with Crippen molar-refractivity contribution in [2.24, 2.45) is 0 Å². The monoisotopic (exact) mass is 161 g/mol. The third-order valence-electron chi connectivity index (χ3n) is 1.01. The SMILES string of the molecule is O=C([O-])CCCCC(=O)[O-].[OH-]. The van der Waals surface area contributed by atoms with Crippen LogP contribution in [-0.4, -0.2) is 17.4 Å². The average Bonchev–Trinajstić information content (AvgIpc) is 1.79. The van der Waals surface area contributed by atoms with Gasteiger partial charge in [0.25, 0.3) is 0 Å². The van der Waals surface area contributed by atoms with Crippen LogP contribution in [0.5, 0.6) is 0 Å². The van der Waals surface area contributed by atoms with E-state index in [0.29, 0.717) is 12.8 Å². The molecule has 0 bridgehead atoms. The fourth-order valence-electron chi connectivity index (χ4n) is 0.539. The zero-order valence-corrected chi connectivity index (χ0v) is 5.91. The number of hydrogen-bond donors (Lipinski definition) is 0. The second-order valence-electron chi connectivity index (χ2n) is 1.95. The van der Waals surface area contributed by atoms with Crippen molar-refractivity contribution in [2.75, 3.05) is 0 Å². The molecule has 0 saturated carbocycles. The molecule has 0 aromatic carbocycles. The molecule has 5 heteroatoms. The topological polar surface area (TPSA) is 110 Å². The third-order valence-corrected chi connectivity index (χ3v) is 1.01. The summed E-state index contributed by atoms with van der Waals surface area (Å²) in [6.07, 6.45) is 0.535. The van der Waals surface area contributed by atoms with Gasteiger partial charge in [0, 0.05) is 11.9 Å². The number of rotatable bonds is 5. The molecule has 0 heterocycles. The van der Waals surface area contributed by atoms with Gasteiger partial charge in [-0.25, -0.2) is 0 Å². The standard InChI is InChI=1S/C6H10O4.H2O/c7-5(8)3-1-2-4-6(9)10;/h1-4H2,(H,7,8)(H,9,10);1H2/p-3. The van der Waals surface area contributed by atoms with E-state index in [0.717, 1.165) is 0 Å². The van der Waals surface area contributed by atoms with E-state index >= 15 is 0 Å². The van der Waals surface area contributed by atoms with E-state index in [2.05, 4.69) is 0 Å². The maximum Gasteiger partial charge on any atom is 0.0414 e. The number of unbranched alkanes of at least 4 members (excludes halogenated alkanes) is 1. The molecular formula is C6H9O5-3. The Balaban J connectivity index is 0. The molecule has 0 aromatic heterocycles. The van der Waals surface area contributed by atoms with Crippen LogP contribution in [-0.2, 0) is 9.59 Å². The van der Waals surface area contributed by atoms with Crippen LogP contribution in [0.2, 0.25) is 0 Å². The number of carbonyl (C=O) groups is 2. The zero-order chi connectivity index (χ0) is 7.98. The van der Waals surface area contributed by atoms with Gasteiger partial charge in [0.2, 0.25) is 0 Å². The summed E-state index contributed by atoms with van der Waals surface area (Å²) in [5, 5.41) is 19.5. The van der Waals surface area contributed by atoms with Gasteiger partial charge in [-0.15, -0.1) is 0 Å². The Bertz CT molecular complexity index is 115. The summed E-state index contributed by atoms with van der Waals surface area (Å²) in [7, 11) is 0. The highest BCUT2D eigenvalue weighted by Crippen LogP contribution is 1.96. The van der Waals surface area contributed by atoms with E-state index in [1.807, 2.05) is 0 Å². The maximum absolute atomic E-state index is 9.77. The molecule has 0 amide bonds. The lowest BCUT2D eigenvalue weighted by molar-refractivity contribution is -0.308. The quantitative estimate of drug-likeness (QED) is 0.427. The van der Waals surface area contributed by atoms with Crippen LogP contribution in [0.15, 0.2) is 0 Å². The lowest BCUT2D eigenvalue weighted by Gasteiger charge is -2.01. The smallest absolute Gasteiger partial charge is 0.0414 e. The third kappa shape index (κ3) is 12.2. The molecule has 11 heavy (non-hydrogen) atoms. The van der Waals surface area contributed by atoms with Crippen LogP contribution in [0, 0.1) is 0 Å². The van der Waals surface area contributed by atoms with Gasteiger partial charge < -0.3 is 25.3 Å². The van der Waals surface area contributed by atoms with Crippen LogP contribution >= 0.6 is 0 Å². The van der Waals surface area contributed by atoms with Gasteiger partial charge in [0.15, 0.2) is 0 Å². The minimum Gasteiger partial charge on any atom is -0.870 e. The fourth-order valence-corrected chi connectivity index (χ4v) is 0.539. The van der Waals surface area contributed by atoms with Gasteiger partial charge in [-0.1, -0.05) is 0 Å². The molecule has 0 radical (unpaired) electrons. The Morgan fingerprint density at radius 1 is 0.909 bits per heavy atom. The van der Waals surface area contributed by atoms with E-state index in [9.17, 15) is 19.8 Å². The Morgan fingerprint density at radius 3 is 1.36 bits per heavy atom. The first-order valence-corrected chi connectivity index (χ1v) is 3.02. The molecule has 0 aliphatic rings. The summed E-state index contributed by atoms with van der Waals surface area (Å²) in [4.78, 5) is 19.5. The van der Waals surface area contributed by atoms with Crippen molar-refractivity contribution in [3.63, 3.8) is 0 Å². The van der Waals surface area contributed by atoms with Gasteiger partial charge in [-0.3, -0.25) is 0 Å². The van der Waals surface area contributed by atoms with Crippen molar-refractivity contribution >= 4 is 11.9 Å². The predicted molar refractivity (Wildman–Crippen MR) is 30.4 cm³/mol. The minimum atomic E-state index is -1.14. The Kier molecular flexibility index (Phi) is 8.01. The van der Waals surface area contributed by atoms with Crippen LogP contribution in [0.1, 0.15) is 25.7 Å². The summed E-state index contributed by atoms with van der Waals surface area (Å²) in [5.74, 6) is -2.28. The lowest BCUT2D eigenvalue weighted by atomic mass is 10.2. The molecule has 0 unspecified atom stereocenters. The van der Waals surface area contributed by atoms with Crippen molar-refractivity contribution in [1.82, 2.24) is 0 Å². The van der Waals surface area contributed by atoms with E-state index in [-0.39, 0.29) is 18.3 Å². The maximum atomic E-state index is 9.77. The number of aliphatic carboxylic acids is 2. The second-order valence-corrected chi connectivity index (χ2v) is 1.95. The molecule has 0 rings (SSSR count). The molecular weight excluding hydrogens is 152 g/mol. The van der Waals surface area contributed by atoms with Gasteiger partial charge in [-0.05, 0) is 25.7 Å². The van der Waals surface area contributed by atoms with Gasteiger partial charge in [-0.2, -0.15) is 0 Å². The minimum absolute atomic E-state index is 0. The number of carbonyl (C=O) groups excluding carboxylic acids is 2. The van der Waals surface area contributed by atoms with Crippen LogP contribution in [0.4, 0.5) is 0 Å². The summed E-state index contributed by atoms with van der Waals surface area (Å²) < 4.78 is 0. The molecule has 0 aromatic rings. The molecule has 0 fully saturated rings. The van der Waals surface area contributed by atoms with Crippen LogP contribution in [0.25, 0.3) is 0 Å². The highest BCUT2D eigenvalue weighted by atomic mass is 16.4. The Morgan fingerprint density at radius 2 is 1.18 bits per heavy atom. The predicted octanol–water partition coefficient (Wildman–Crippen LogP) is -2.13. The van der Waals surface area contributed by atoms with E-state index in [4.69, 9.17) is 0 Å². The van der Waals surface area contributed by atoms with Crippen molar-refractivity contribution in [2.45, 2.75) is 25.7 Å². The summed E-state index contributed by atoms with van der Waals surface area (Å²) >= 11 is 0.